The van der Waals surface area contributed by atoms with E-state index in [1.807, 2.05) is 4.90 Å². The van der Waals surface area contributed by atoms with E-state index in [9.17, 15) is 18.0 Å². The molecule has 2 aliphatic heterocycles. The summed E-state index contributed by atoms with van der Waals surface area (Å²) in [5.74, 6) is -0.525. The molecule has 3 N–H and O–H groups in total. The summed E-state index contributed by atoms with van der Waals surface area (Å²) in [6.45, 7) is 4.26. The van der Waals surface area contributed by atoms with Gasteiger partial charge >= 0.3 is 6.03 Å². The lowest BCUT2D eigenvalue weighted by atomic mass is 9.97. The van der Waals surface area contributed by atoms with Gasteiger partial charge in [-0.2, -0.15) is 0 Å². The lowest BCUT2D eigenvalue weighted by molar-refractivity contribution is -0.121. The number of nitrogens with two attached hydrogens (primary N) is 1. The molecule has 2 aliphatic rings. The van der Waals surface area contributed by atoms with Crippen molar-refractivity contribution in [3.05, 3.63) is 23.8 Å². The number of piperidine rings is 1. The van der Waals surface area contributed by atoms with Crippen LogP contribution in [0, 0.1) is 12.8 Å². The zero-order valence-corrected chi connectivity index (χ0v) is 16.3. The van der Waals surface area contributed by atoms with Crippen LogP contribution in [0.1, 0.15) is 31.2 Å². The van der Waals surface area contributed by atoms with Gasteiger partial charge in [0, 0.05) is 31.9 Å². The van der Waals surface area contributed by atoms with Crippen molar-refractivity contribution in [1.29, 1.82) is 0 Å². The van der Waals surface area contributed by atoms with E-state index in [0.29, 0.717) is 30.8 Å². The van der Waals surface area contributed by atoms with Crippen molar-refractivity contribution >= 4 is 27.6 Å². The Kier molecular flexibility index (Phi) is 5.71. The normalized spacial score (nSPS) is 20.6. The molecule has 0 unspecified atom stereocenters. The zero-order valence-electron chi connectivity index (χ0n) is 15.5. The van der Waals surface area contributed by atoms with E-state index < -0.39 is 10.0 Å². The number of likely N-dealkylation sites (tertiary alicyclic amines) is 2. The van der Waals surface area contributed by atoms with Gasteiger partial charge < -0.3 is 15.1 Å². The number of urea groups is 1. The molecular formula is C18H26N4O4S. The molecule has 1 aromatic rings. The van der Waals surface area contributed by atoms with Gasteiger partial charge in [-0.05, 0) is 50.3 Å². The Morgan fingerprint density at radius 3 is 2.44 bits per heavy atom. The summed E-state index contributed by atoms with van der Waals surface area (Å²) >= 11 is 0. The van der Waals surface area contributed by atoms with Gasteiger partial charge in [0.05, 0.1) is 10.8 Å². The first-order valence-corrected chi connectivity index (χ1v) is 10.8. The highest BCUT2D eigenvalue weighted by Gasteiger charge is 2.31. The average Bonchev–Trinajstić information content (AvgIpc) is 3.16. The number of rotatable bonds is 3. The molecule has 148 valence electrons. The first-order valence-electron chi connectivity index (χ1n) is 9.24. The van der Waals surface area contributed by atoms with Crippen LogP contribution in [0.2, 0.25) is 0 Å². The number of primary sulfonamides is 1. The van der Waals surface area contributed by atoms with E-state index in [0.717, 1.165) is 32.4 Å². The standard InChI is InChI=1S/C18H26N4O4S/c1-13-6-7-15(11-16(13)27(19,25)26)20-17(23)14-5-4-10-22(12-14)18(24)21-8-2-3-9-21/h6-7,11,14H,2-5,8-10,12H2,1H3,(H,20,23)(H2,19,25,26)/t14-/m1/s1. The van der Waals surface area contributed by atoms with Crippen molar-refractivity contribution in [1.82, 2.24) is 9.80 Å². The Morgan fingerprint density at radius 1 is 1.11 bits per heavy atom. The van der Waals surface area contributed by atoms with Crippen molar-refractivity contribution in [2.75, 3.05) is 31.5 Å². The molecule has 1 aromatic carbocycles. The highest BCUT2D eigenvalue weighted by atomic mass is 32.2. The van der Waals surface area contributed by atoms with Gasteiger partial charge in [-0.1, -0.05) is 6.07 Å². The number of nitrogens with one attached hydrogen (secondary N) is 1. The third-order valence-electron chi connectivity index (χ3n) is 5.20. The number of anilines is 1. The van der Waals surface area contributed by atoms with Crippen molar-refractivity contribution in [3.8, 4) is 0 Å². The molecule has 27 heavy (non-hydrogen) atoms. The maximum Gasteiger partial charge on any atom is 0.320 e. The van der Waals surface area contributed by atoms with Crippen LogP contribution in [-0.4, -0.2) is 56.3 Å². The van der Waals surface area contributed by atoms with Crippen LogP contribution >= 0.6 is 0 Å². The quantitative estimate of drug-likeness (QED) is 0.809. The second kappa shape index (κ2) is 7.85. The van der Waals surface area contributed by atoms with Crippen molar-refractivity contribution in [2.24, 2.45) is 11.1 Å². The van der Waals surface area contributed by atoms with Gasteiger partial charge in [-0.15, -0.1) is 0 Å². The second-order valence-electron chi connectivity index (χ2n) is 7.28. The Labute approximate surface area is 159 Å². The third-order valence-corrected chi connectivity index (χ3v) is 6.25. The van der Waals surface area contributed by atoms with Crippen LogP contribution in [0.3, 0.4) is 0 Å². The number of benzene rings is 1. The molecule has 0 radical (unpaired) electrons. The minimum absolute atomic E-state index is 0.00483. The Bertz CT molecular complexity index is 834. The van der Waals surface area contributed by atoms with Crippen LogP contribution in [-0.2, 0) is 14.8 Å². The number of carbonyl (C=O) groups excluding carboxylic acids is 2. The van der Waals surface area contributed by atoms with Crippen LogP contribution in [0.25, 0.3) is 0 Å². The van der Waals surface area contributed by atoms with E-state index in [2.05, 4.69) is 5.32 Å². The van der Waals surface area contributed by atoms with E-state index in [1.54, 1.807) is 24.0 Å². The molecule has 0 saturated carbocycles. The molecular weight excluding hydrogens is 368 g/mol. The van der Waals surface area contributed by atoms with Gasteiger partial charge in [0.15, 0.2) is 0 Å². The predicted octanol–water partition coefficient (Wildman–Crippen LogP) is 1.51. The minimum Gasteiger partial charge on any atom is -0.326 e. The summed E-state index contributed by atoms with van der Waals surface area (Å²) in [4.78, 5) is 28.8. The highest BCUT2D eigenvalue weighted by molar-refractivity contribution is 7.89. The summed E-state index contributed by atoms with van der Waals surface area (Å²) in [5, 5.41) is 7.99. The van der Waals surface area contributed by atoms with Crippen molar-refractivity contribution in [3.63, 3.8) is 0 Å². The number of hydrogen-bond donors (Lipinski definition) is 2. The predicted molar refractivity (Wildman–Crippen MR) is 102 cm³/mol. The third kappa shape index (κ3) is 4.59. The van der Waals surface area contributed by atoms with Gasteiger partial charge in [0.1, 0.15) is 0 Å². The fourth-order valence-corrected chi connectivity index (χ4v) is 4.51. The van der Waals surface area contributed by atoms with Crippen LogP contribution in [0.5, 0.6) is 0 Å². The molecule has 2 saturated heterocycles. The van der Waals surface area contributed by atoms with E-state index >= 15 is 0 Å². The maximum atomic E-state index is 12.7. The largest absolute Gasteiger partial charge is 0.326 e. The first kappa shape index (κ1) is 19.6. The van der Waals surface area contributed by atoms with Crippen LogP contribution < -0.4 is 10.5 Å². The number of nitrogens with zero attached hydrogens (tertiary/aromatic N) is 2. The Balaban J connectivity index is 1.66. The first-order chi connectivity index (χ1) is 12.8. The van der Waals surface area contributed by atoms with Gasteiger partial charge in [-0.3, -0.25) is 4.79 Å². The number of aryl methyl sites for hydroxylation is 1. The molecule has 3 amide bonds. The lowest BCUT2D eigenvalue weighted by Gasteiger charge is -2.34. The van der Waals surface area contributed by atoms with Gasteiger partial charge in [0.2, 0.25) is 15.9 Å². The minimum atomic E-state index is -3.86. The maximum absolute atomic E-state index is 12.7. The summed E-state index contributed by atoms with van der Waals surface area (Å²) in [5.41, 5.74) is 0.910. The zero-order chi connectivity index (χ0) is 19.6. The lowest BCUT2D eigenvalue weighted by Crippen LogP contribution is -2.48. The molecule has 2 fully saturated rings. The molecule has 0 aliphatic carbocycles. The summed E-state index contributed by atoms with van der Waals surface area (Å²) in [6.07, 6.45) is 3.53. The van der Waals surface area contributed by atoms with Gasteiger partial charge in [0.25, 0.3) is 0 Å². The summed E-state index contributed by atoms with van der Waals surface area (Å²) in [6, 6.07) is 4.65. The fraction of sp³-hybridized carbons (Fsp3) is 0.556. The highest BCUT2D eigenvalue weighted by Crippen LogP contribution is 2.23. The Morgan fingerprint density at radius 2 is 1.78 bits per heavy atom. The average molecular weight is 394 g/mol. The van der Waals surface area contributed by atoms with Gasteiger partial charge in [-0.25, -0.2) is 18.4 Å². The van der Waals surface area contributed by atoms with Crippen LogP contribution in [0.4, 0.5) is 10.5 Å². The second-order valence-corrected chi connectivity index (χ2v) is 8.81. The molecule has 2 heterocycles. The molecule has 0 aromatic heterocycles. The molecule has 3 rings (SSSR count). The number of amides is 3. The van der Waals surface area contributed by atoms with E-state index in [4.69, 9.17) is 5.14 Å². The monoisotopic (exact) mass is 394 g/mol. The SMILES string of the molecule is Cc1ccc(NC(=O)[C@@H]2CCCN(C(=O)N3CCCC3)C2)cc1S(N)(=O)=O. The molecule has 1 atom stereocenters. The summed E-state index contributed by atoms with van der Waals surface area (Å²) < 4.78 is 23.3. The van der Waals surface area contributed by atoms with Crippen molar-refractivity contribution < 1.29 is 18.0 Å². The smallest absolute Gasteiger partial charge is 0.320 e. The number of hydrogen-bond acceptors (Lipinski definition) is 4. The topological polar surface area (TPSA) is 113 Å². The summed E-state index contributed by atoms with van der Waals surface area (Å²) in [7, 11) is -3.86. The van der Waals surface area contributed by atoms with Crippen molar-refractivity contribution in [2.45, 2.75) is 37.5 Å². The molecule has 0 spiro atoms. The fourth-order valence-electron chi connectivity index (χ4n) is 3.70. The Hall–Kier alpha value is -2.13. The molecule has 9 heteroatoms. The number of sulfonamides is 1. The number of carbonyl (C=O) groups is 2. The van der Waals surface area contributed by atoms with Crippen LogP contribution in [0.15, 0.2) is 23.1 Å². The van der Waals surface area contributed by atoms with E-state index in [-0.39, 0.29) is 22.8 Å². The van der Waals surface area contributed by atoms with E-state index in [1.165, 1.54) is 6.07 Å². The molecule has 8 nitrogen and oxygen atoms in total. The molecule has 0 bridgehead atoms.